The summed E-state index contributed by atoms with van der Waals surface area (Å²) in [5.74, 6) is -2.61. The summed E-state index contributed by atoms with van der Waals surface area (Å²) in [6.07, 6.45) is 0. The largest absolute Gasteiger partial charge is 0.452 e. The van der Waals surface area contributed by atoms with Crippen LogP contribution in [0.25, 0.3) is 22.3 Å². The molecule has 1 aromatic heterocycles. The summed E-state index contributed by atoms with van der Waals surface area (Å²) in [4.78, 5) is 55.1. The van der Waals surface area contributed by atoms with Crippen molar-refractivity contribution in [1.82, 2.24) is 4.90 Å². The van der Waals surface area contributed by atoms with E-state index in [2.05, 4.69) is 0 Å². The number of amides is 2. The number of rotatable bonds is 5. The predicted molar refractivity (Wildman–Crippen MR) is 145 cm³/mol. The number of carbonyl (C=O) groups is 3. The lowest BCUT2D eigenvalue weighted by Gasteiger charge is -2.25. The second-order valence-corrected chi connectivity index (χ2v) is 9.29. The Labute approximate surface area is 226 Å². The lowest BCUT2D eigenvalue weighted by molar-refractivity contribution is -0.139. The molecule has 4 aromatic carbocycles. The van der Waals surface area contributed by atoms with E-state index in [1.54, 1.807) is 91.0 Å². The number of imide groups is 1. The van der Waals surface area contributed by atoms with Gasteiger partial charge in [-0.15, -0.1) is 0 Å². The summed E-state index contributed by atoms with van der Waals surface area (Å²) >= 11 is 6.05. The molecule has 1 unspecified atom stereocenters. The Balaban J connectivity index is 1.49. The zero-order valence-electron chi connectivity index (χ0n) is 20.2. The van der Waals surface area contributed by atoms with E-state index in [9.17, 15) is 19.2 Å². The third-order valence-corrected chi connectivity index (χ3v) is 6.74. The van der Waals surface area contributed by atoms with Crippen molar-refractivity contribution >= 4 is 40.4 Å². The molecule has 7 nitrogen and oxygen atoms in total. The Bertz CT molecular complexity index is 1790. The van der Waals surface area contributed by atoms with Gasteiger partial charge in [0.15, 0.2) is 11.8 Å². The molecular weight excluding hydrogens is 518 g/mol. The van der Waals surface area contributed by atoms with E-state index >= 15 is 0 Å². The highest BCUT2D eigenvalue weighted by molar-refractivity contribution is 6.30. The Kier molecular flexibility index (Phi) is 6.05. The summed E-state index contributed by atoms with van der Waals surface area (Å²) in [6.45, 7) is 0. The van der Waals surface area contributed by atoms with Gasteiger partial charge in [-0.25, -0.2) is 4.79 Å². The minimum Gasteiger partial charge on any atom is -0.452 e. The fraction of sp³-hybridized carbons (Fsp3) is 0.0323. The van der Waals surface area contributed by atoms with Crippen LogP contribution in [0.1, 0.15) is 32.3 Å². The SMILES string of the molecule is O=C(Oc1c(-c2ccc(Cl)cc2)oc2ccccc2c1=O)C(c1ccccc1)N1C(=O)c2ccccc2C1=O. The number of para-hydroxylation sites is 1. The van der Waals surface area contributed by atoms with E-state index in [1.165, 1.54) is 12.1 Å². The Morgan fingerprint density at radius 3 is 2.00 bits per heavy atom. The molecule has 0 N–H and O–H groups in total. The molecule has 6 rings (SSSR count). The predicted octanol–water partition coefficient (Wildman–Crippen LogP) is 6.06. The summed E-state index contributed by atoms with van der Waals surface area (Å²) in [7, 11) is 0. The van der Waals surface area contributed by atoms with Crippen LogP contribution in [0.5, 0.6) is 5.75 Å². The number of nitrogens with zero attached hydrogens (tertiary/aromatic N) is 1. The highest BCUT2D eigenvalue weighted by atomic mass is 35.5. The summed E-state index contributed by atoms with van der Waals surface area (Å²) in [5.41, 5.74) is 0.875. The normalized spacial score (nSPS) is 13.4. The second kappa shape index (κ2) is 9.70. The van der Waals surface area contributed by atoms with Gasteiger partial charge in [-0.05, 0) is 54.1 Å². The zero-order chi connectivity index (χ0) is 27.1. The first kappa shape index (κ1) is 24.3. The van der Waals surface area contributed by atoms with Gasteiger partial charge in [0, 0.05) is 10.6 Å². The molecule has 1 atom stereocenters. The Morgan fingerprint density at radius 1 is 0.744 bits per heavy atom. The maximum Gasteiger partial charge on any atom is 0.339 e. The number of benzene rings is 4. The quantitative estimate of drug-likeness (QED) is 0.201. The standard InChI is InChI=1S/C31H18ClNO6/c32-20-16-14-19(15-17-20)27-28(26(34)23-12-6-7-13-24(23)38-27)39-31(37)25(18-8-2-1-3-9-18)33-29(35)21-10-4-5-11-22(21)30(33)36/h1-17,25H. The number of ether oxygens (including phenoxy) is 1. The van der Waals surface area contributed by atoms with Crippen LogP contribution in [0.3, 0.4) is 0 Å². The number of carbonyl (C=O) groups excluding carboxylic acids is 3. The van der Waals surface area contributed by atoms with Crippen LogP contribution in [0, 0.1) is 0 Å². The maximum absolute atomic E-state index is 13.9. The van der Waals surface area contributed by atoms with Crippen LogP contribution in [0.15, 0.2) is 112 Å². The fourth-order valence-electron chi connectivity index (χ4n) is 4.63. The first-order valence-corrected chi connectivity index (χ1v) is 12.4. The fourth-order valence-corrected chi connectivity index (χ4v) is 4.76. The molecule has 0 bridgehead atoms. The summed E-state index contributed by atoms with van der Waals surface area (Å²) in [6, 6.07) is 26.3. The molecule has 0 radical (unpaired) electrons. The van der Waals surface area contributed by atoms with Crippen molar-refractivity contribution in [2.45, 2.75) is 6.04 Å². The van der Waals surface area contributed by atoms with Gasteiger partial charge in [-0.3, -0.25) is 19.3 Å². The van der Waals surface area contributed by atoms with E-state index in [0.29, 0.717) is 21.7 Å². The minimum atomic E-state index is -1.46. The summed E-state index contributed by atoms with van der Waals surface area (Å²) in [5, 5.41) is 0.671. The molecule has 0 saturated carbocycles. The van der Waals surface area contributed by atoms with Gasteiger partial charge in [0.25, 0.3) is 11.8 Å². The first-order valence-electron chi connectivity index (χ1n) is 12.0. The van der Waals surface area contributed by atoms with Crippen molar-refractivity contribution < 1.29 is 23.5 Å². The third kappa shape index (κ3) is 4.19. The second-order valence-electron chi connectivity index (χ2n) is 8.85. The molecule has 0 spiro atoms. The highest BCUT2D eigenvalue weighted by Gasteiger charge is 2.44. The van der Waals surface area contributed by atoms with E-state index in [-0.39, 0.29) is 28.0 Å². The van der Waals surface area contributed by atoms with Crippen molar-refractivity contribution in [1.29, 1.82) is 0 Å². The Morgan fingerprint density at radius 2 is 1.33 bits per heavy atom. The molecule has 0 aliphatic carbocycles. The van der Waals surface area contributed by atoms with Gasteiger partial charge in [0.2, 0.25) is 11.2 Å². The summed E-state index contributed by atoms with van der Waals surface area (Å²) < 4.78 is 11.8. The van der Waals surface area contributed by atoms with Crippen molar-refractivity contribution in [2.75, 3.05) is 0 Å². The van der Waals surface area contributed by atoms with Gasteiger partial charge >= 0.3 is 5.97 Å². The molecule has 2 amide bonds. The van der Waals surface area contributed by atoms with Gasteiger partial charge in [0.1, 0.15) is 5.58 Å². The molecule has 39 heavy (non-hydrogen) atoms. The van der Waals surface area contributed by atoms with Crippen molar-refractivity contribution in [3.63, 3.8) is 0 Å². The van der Waals surface area contributed by atoms with Crippen molar-refractivity contribution in [3.8, 4) is 17.1 Å². The smallest absolute Gasteiger partial charge is 0.339 e. The molecule has 2 heterocycles. The van der Waals surface area contributed by atoms with Crippen LogP contribution < -0.4 is 10.2 Å². The van der Waals surface area contributed by atoms with Crippen LogP contribution in [0.4, 0.5) is 0 Å². The van der Waals surface area contributed by atoms with Gasteiger partial charge in [0.05, 0.1) is 16.5 Å². The van der Waals surface area contributed by atoms with Crippen molar-refractivity contribution in [2.24, 2.45) is 0 Å². The van der Waals surface area contributed by atoms with Crippen LogP contribution in [-0.2, 0) is 4.79 Å². The van der Waals surface area contributed by atoms with Gasteiger partial charge in [-0.1, -0.05) is 66.2 Å². The molecular formula is C31H18ClNO6. The van der Waals surface area contributed by atoms with E-state index in [4.69, 9.17) is 20.8 Å². The molecule has 1 aliphatic rings. The minimum absolute atomic E-state index is 0.0119. The zero-order valence-corrected chi connectivity index (χ0v) is 20.9. The number of hydrogen-bond donors (Lipinski definition) is 0. The average molecular weight is 536 g/mol. The molecule has 0 fully saturated rings. The van der Waals surface area contributed by atoms with E-state index < -0.39 is 29.3 Å². The van der Waals surface area contributed by atoms with Crippen LogP contribution in [-0.4, -0.2) is 22.7 Å². The highest BCUT2D eigenvalue weighted by Crippen LogP contribution is 2.35. The number of fused-ring (bicyclic) bond motifs is 2. The topological polar surface area (TPSA) is 93.9 Å². The average Bonchev–Trinajstić information content (AvgIpc) is 3.21. The number of hydrogen-bond acceptors (Lipinski definition) is 6. The molecule has 1 aliphatic heterocycles. The maximum atomic E-state index is 13.9. The van der Waals surface area contributed by atoms with Crippen LogP contribution in [0.2, 0.25) is 5.02 Å². The first-order chi connectivity index (χ1) is 18.9. The van der Waals surface area contributed by atoms with E-state index in [0.717, 1.165) is 4.90 Å². The number of halogens is 1. The molecule has 5 aromatic rings. The lowest BCUT2D eigenvalue weighted by Crippen LogP contribution is -2.40. The van der Waals surface area contributed by atoms with Gasteiger partial charge in [-0.2, -0.15) is 0 Å². The van der Waals surface area contributed by atoms with Gasteiger partial charge < -0.3 is 9.15 Å². The third-order valence-electron chi connectivity index (χ3n) is 6.49. The molecule has 8 heteroatoms. The lowest BCUT2D eigenvalue weighted by atomic mass is 10.1. The monoisotopic (exact) mass is 535 g/mol. The molecule has 0 saturated heterocycles. The number of esters is 1. The van der Waals surface area contributed by atoms with Crippen LogP contribution >= 0.6 is 11.6 Å². The Hall–Kier alpha value is -5.01. The van der Waals surface area contributed by atoms with Crippen molar-refractivity contribution in [3.05, 3.63) is 135 Å². The van der Waals surface area contributed by atoms with E-state index in [1.807, 2.05) is 0 Å². The molecule has 190 valence electrons.